The minimum atomic E-state index is 0.131. The van der Waals surface area contributed by atoms with Gasteiger partial charge in [-0.3, -0.25) is 0 Å². The predicted octanol–water partition coefficient (Wildman–Crippen LogP) is 3.98. The fourth-order valence-electron chi connectivity index (χ4n) is 1.70. The second kappa shape index (κ2) is 4.30. The molecule has 0 bridgehead atoms. The van der Waals surface area contributed by atoms with Crippen LogP contribution in [0.1, 0.15) is 19.4 Å². The molecule has 1 aromatic carbocycles. The first-order valence-corrected chi connectivity index (χ1v) is 5.68. The van der Waals surface area contributed by atoms with E-state index >= 15 is 0 Å². The van der Waals surface area contributed by atoms with Crippen molar-refractivity contribution in [3.05, 3.63) is 35.0 Å². The van der Waals surface area contributed by atoms with Crippen LogP contribution in [0.25, 0.3) is 10.9 Å². The Balaban J connectivity index is 2.66. The van der Waals surface area contributed by atoms with Gasteiger partial charge in [-0.05, 0) is 38.5 Å². The quantitative estimate of drug-likeness (QED) is 0.735. The smallest absolute Gasteiger partial charge is 0.145 e. The number of halogens is 1. The average Bonchev–Trinajstić information content (AvgIpc) is 2.18. The van der Waals surface area contributed by atoms with Crippen molar-refractivity contribution in [3.8, 4) is 5.75 Å². The van der Waals surface area contributed by atoms with Crippen molar-refractivity contribution in [3.63, 3.8) is 0 Å². The third-order valence-electron chi connectivity index (χ3n) is 2.34. The van der Waals surface area contributed by atoms with Crippen LogP contribution in [-0.4, -0.2) is 11.1 Å². The largest absolute Gasteiger partial charge is 0.489 e. The van der Waals surface area contributed by atoms with Gasteiger partial charge in [0.2, 0.25) is 0 Å². The zero-order valence-electron chi connectivity index (χ0n) is 9.62. The Bertz CT molecular complexity index is 523. The van der Waals surface area contributed by atoms with Crippen LogP contribution >= 0.6 is 11.6 Å². The van der Waals surface area contributed by atoms with Crippen LogP contribution in [0, 0.1) is 6.92 Å². The maximum atomic E-state index is 5.97. The number of aromatic nitrogens is 1. The molecule has 3 heteroatoms. The topological polar surface area (TPSA) is 22.1 Å². The third-order valence-corrected chi connectivity index (χ3v) is 2.53. The van der Waals surface area contributed by atoms with E-state index in [0.29, 0.717) is 5.15 Å². The fourth-order valence-corrected chi connectivity index (χ4v) is 1.95. The van der Waals surface area contributed by atoms with Crippen molar-refractivity contribution in [2.24, 2.45) is 0 Å². The van der Waals surface area contributed by atoms with Gasteiger partial charge in [0.15, 0.2) is 0 Å². The molecule has 0 amide bonds. The molecule has 0 radical (unpaired) electrons. The summed E-state index contributed by atoms with van der Waals surface area (Å²) in [6.07, 6.45) is 0.131. The van der Waals surface area contributed by atoms with Crippen molar-refractivity contribution in [2.75, 3.05) is 0 Å². The second-order valence-corrected chi connectivity index (χ2v) is 4.47. The summed E-state index contributed by atoms with van der Waals surface area (Å²) < 4.78 is 5.72. The summed E-state index contributed by atoms with van der Waals surface area (Å²) in [5.41, 5.74) is 1.95. The fraction of sp³-hybridized carbons (Fsp3) is 0.308. The minimum Gasteiger partial charge on any atom is -0.489 e. The number of nitrogens with zero attached hydrogens (tertiary/aromatic N) is 1. The number of ether oxygens (including phenoxy) is 1. The Morgan fingerprint density at radius 3 is 2.75 bits per heavy atom. The highest BCUT2D eigenvalue weighted by atomic mass is 35.5. The van der Waals surface area contributed by atoms with Gasteiger partial charge in [-0.2, -0.15) is 0 Å². The molecule has 0 aliphatic heterocycles. The summed E-state index contributed by atoms with van der Waals surface area (Å²) in [5.74, 6) is 0.790. The van der Waals surface area contributed by atoms with E-state index < -0.39 is 0 Å². The molecule has 2 aromatic rings. The zero-order chi connectivity index (χ0) is 11.7. The van der Waals surface area contributed by atoms with E-state index in [9.17, 15) is 0 Å². The summed E-state index contributed by atoms with van der Waals surface area (Å²) in [7, 11) is 0. The van der Waals surface area contributed by atoms with Crippen LogP contribution in [0.3, 0.4) is 0 Å². The monoisotopic (exact) mass is 235 g/mol. The molecule has 0 fully saturated rings. The molecule has 0 atom stereocenters. The lowest BCUT2D eigenvalue weighted by Crippen LogP contribution is -2.06. The van der Waals surface area contributed by atoms with Gasteiger partial charge < -0.3 is 4.74 Å². The van der Waals surface area contributed by atoms with Crippen LogP contribution in [0.4, 0.5) is 0 Å². The molecule has 84 valence electrons. The molecular weight excluding hydrogens is 222 g/mol. The average molecular weight is 236 g/mol. The maximum Gasteiger partial charge on any atom is 0.145 e. The number of benzene rings is 1. The lowest BCUT2D eigenvalue weighted by atomic mass is 10.1. The molecule has 1 heterocycles. The Kier molecular flexibility index (Phi) is 3.01. The number of pyridine rings is 1. The summed E-state index contributed by atoms with van der Waals surface area (Å²) >= 11 is 5.97. The van der Waals surface area contributed by atoms with E-state index in [1.807, 2.05) is 45.0 Å². The Hall–Kier alpha value is -1.28. The maximum absolute atomic E-state index is 5.97. The van der Waals surface area contributed by atoms with Crippen LogP contribution in [-0.2, 0) is 0 Å². The summed E-state index contributed by atoms with van der Waals surface area (Å²) in [6, 6.07) is 7.79. The first-order chi connectivity index (χ1) is 7.58. The van der Waals surface area contributed by atoms with E-state index in [0.717, 1.165) is 22.2 Å². The highest BCUT2D eigenvalue weighted by molar-refractivity contribution is 6.30. The van der Waals surface area contributed by atoms with Gasteiger partial charge in [-0.1, -0.05) is 23.7 Å². The van der Waals surface area contributed by atoms with E-state index in [1.54, 1.807) is 0 Å². The van der Waals surface area contributed by atoms with Crippen LogP contribution in [0.2, 0.25) is 5.15 Å². The van der Waals surface area contributed by atoms with Crippen LogP contribution in [0.15, 0.2) is 24.3 Å². The number of aryl methyl sites for hydroxylation is 1. The van der Waals surface area contributed by atoms with Gasteiger partial charge >= 0.3 is 0 Å². The summed E-state index contributed by atoms with van der Waals surface area (Å²) in [5, 5.41) is 1.59. The van der Waals surface area contributed by atoms with Crippen LogP contribution in [0.5, 0.6) is 5.75 Å². The van der Waals surface area contributed by atoms with Crippen molar-refractivity contribution in [1.29, 1.82) is 0 Å². The Morgan fingerprint density at radius 2 is 2.06 bits per heavy atom. The standard InChI is InChI=1S/C13H14ClNO/c1-8(2)16-11-6-4-5-10-9(3)7-12(14)15-13(10)11/h4-8H,1-3H3. The molecule has 1 aromatic heterocycles. The second-order valence-electron chi connectivity index (χ2n) is 4.08. The molecule has 0 saturated carbocycles. The van der Waals surface area contributed by atoms with Crippen LogP contribution < -0.4 is 4.74 Å². The van der Waals surface area contributed by atoms with Crippen molar-refractivity contribution in [2.45, 2.75) is 26.9 Å². The molecular formula is C13H14ClNO. The number of para-hydroxylation sites is 1. The normalized spacial score (nSPS) is 11.1. The number of hydrogen-bond donors (Lipinski definition) is 0. The lowest BCUT2D eigenvalue weighted by molar-refractivity contribution is 0.245. The summed E-state index contributed by atoms with van der Waals surface area (Å²) in [4.78, 5) is 4.33. The van der Waals surface area contributed by atoms with Gasteiger partial charge in [0, 0.05) is 5.39 Å². The van der Waals surface area contributed by atoms with Gasteiger partial charge in [-0.15, -0.1) is 0 Å². The molecule has 0 saturated heterocycles. The SMILES string of the molecule is Cc1cc(Cl)nc2c(OC(C)C)cccc12. The molecule has 0 spiro atoms. The molecule has 2 rings (SSSR count). The Labute approximate surface area is 100 Å². The van der Waals surface area contributed by atoms with Gasteiger partial charge in [0.05, 0.1) is 6.10 Å². The highest BCUT2D eigenvalue weighted by Gasteiger charge is 2.08. The number of fused-ring (bicyclic) bond motifs is 1. The van der Waals surface area contributed by atoms with Crippen molar-refractivity contribution in [1.82, 2.24) is 4.98 Å². The molecule has 2 nitrogen and oxygen atoms in total. The van der Waals surface area contributed by atoms with E-state index in [4.69, 9.17) is 16.3 Å². The van der Waals surface area contributed by atoms with E-state index in [2.05, 4.69) is 4.98 Å². The Morgan fingerprint density at radius 1 is 1.31 bits per heavy atom. The highest BCUT2D eigenvalue weighted by Crippen LogP contribution is 2.28. The van der Waals surface area contributed by atoms with Gasteiger partial charge in [0.1, 0.15) is 16.4 Å². The zero-order valence-corrected chi connectivity index (χ0v) is 10.4. The van der Waals surface area contributed by atoms with Crippen molar-refractivity contribution < 1.29 is 4.74 Å². The predicted molar refractivity (Wildman–Crippen MR) is 67.3 cm³/mol. The molecule has 16 heavy (non-hydrogen) atoms. The summed E-state index contributed by atoms with van der Waals surface area (Å²) in [6.45, 7) is 6.02. The van der Waals surface area contributed by atoms with E-state index in [-0.39, 0.29) is 6.10 Å². The van der Waals surface area contributed by atoms with Gasteiger partial charge in [-0.25, -0.2) is 4.98 Å². The molecule has 0 aliphatic carbocycles. The van der Waals surface area contributed by atoms with Crippen molar-refractivity contribution >= 4 is 22.5 Å². The molecule has 0 N–H and O–H groups in total. The third kappa shape index (κ3) is 2.12. The first-order valence-electron chi connectivity index (χ1n) is 5.30. The molecule has 0 aliphatic rings. The number of rotatable bonds is 2. The lowest BCUT2D eigenvalue weighted by Gasteiger charge is -2.12. The molecule has 0 unspecified atom stereocenters. The number of hydrogen-bond acceptors (Lipinski definition) is 2. The first kappa shape index (κ1) is 11.2. The van der Waals surface area contributed by atoms with Gasteiger partial charge in [0.25, 0.3) is 0 Å². The van der Waals surface area contributed by atoms with E-state index in [1.165, 1.54) is 0 Å². The minimum absolute atomic E-state index is 0.131.